The minimum absolute atomic E-state index is 0.0976. The van der Waals surface area contributed by atoms with Crippen LogP contribution in [-0.2, 0) is 9.59 Å². The van der Waals surface area contributed by atoms with Gasteiger partial charge in [-0.2, -0.15) is 0 Å². The third-order valence-electron chi connectivity index (χ3n) is 4.99. The Hall–Kier alpha value is -3.02. The van der Waals surface area contributed by atoms with Crippen LogP contribution >= 0.6 is 0 Å². The van der Waals surface area contributed by atoms with Crippen molar-refractivity contribution in [3.8, 4) is 11.5 Å². The number of nitrogens with one attached hydrogen (secondary N) is 1. The van der Waals surface area contributed by atoms with Crippen molar-refractivity contribution in [1.29, 1.82) is 0 Å². The molecule has 0 aliphatic carbocycles. The quantitative estimate of drug-likeness (QED) is 0.825. The molecule has 2 amide bonds. The predicted octanol–water partition coefficient (Wildman–Crippen LogP) is 3.82. The van der Waals surface area contributed by atoms with Crippen molar-refractivity contribution in [2.45, 2.75) is 26.2 Å². The van der Waals surface area contributed by atoms with Crippen molar-refractivity contribution in [2.24, 2.45) is 5.92 Å². The Kier molecular flexibility index (Phi) is 5.87. The lowest BCUT2D eigenvalue weighted by Crippen LogP contribution is -2.28. The zero-order valence-electron chi connectivity index (χ0n) is 16.7. The molecule has 0 radical (unpaired) electrons. The molecule has 1 N–H and O–H groups in total. The first-order valence-corrected chi connectivity index (χ1v) is 9.36. The molecule has 148 valence electrons. The lowest BCUT2D eigenvalue weighted by atomic mass is 10.0. The van der Waals surface area contributed by atoms with E-state index in [0.717, 1.165) is 11.3 Å². The van der Waals surface area contributed by atoms with Crippen LogP contribution in [-0.4, -0.2) is 32.6 Å². The molecule has 0 saturated carbocycles. The van der Waals surface area contributed by atoms with Crippen molar-refractivity contribution in [1.82, 2.24) is 0 Å². The van der Waals surface area contributed by atoms with Crippen molar-refractivity contribution in [2.75, 3.05) is 31.0 Å². The number of carbonyl (C=O) groups excluding carboxylic acids is 2. The van der Waals surface area contributed by atoms with Gasteiger partial charge >= 0.3 is 0 Å². The molecule has 3 rings (SSSR count). The Morgan fingerprint density at radius 1 is 1.14 bits per heavy atom. The van der Waals surface area contributed by atoms with E-state index in [1.807, 2.05) is 24.3 Å². The summed E-state index contributed by atoms with van der Waals surface area (Å²) in [7, 11) is 3.12. The summed E-state index contributed by atoms with van der Waals surface area (Å²) in [6.07, 6.45) is 0.172. The second-order valence-corrected chi connectivity index (χ2v) is 7.21. The van der Waals surface area contributed by atoms with Gasteiger partial charge in [0.15, 0.2) is 0 Å². The Bertz CT molecular complexity index is 879. The first kappa shape index (κ1) is 19.7. The molecule has 1 aliphatic heterocycles. The standard InChI is InChI=1S/C22H26N2O4/c1-14(2)15-6-5-7-17(10-15)23-22(26)16-11-21(25)24(13-16)19-9-8-18(27-3)12-20(19)28-4/h5-10,12,14,16H,11,13H2,1-4H3,(H,23,26). The van der Waals surface area contributed by atoms with E-state index in [1.54, 1.807) is 37.3 Å². The first-order chi connectivity index (χ1) is 13.4. The topological polar surface area (TPSA) is 67.9 Å². The van der Waals surface area contributed by atoms with E-state index in [4.69, 9.17) is 9.47 Å². The molecule has 1 unspecified atom stereocenters. The molecule has 0 spiro atoms. The Morgan fingerprint density at radius 3 is 2.61 bits per heavy atom. The van der Waals surface area contributed by atoms with E-state index < -0.39 is 5.92 Å². The number of carbonyl (C=O) groups is 2. The second kappa shape index (κ2) is 8.33. The second-order valence-electron chi connectivity index (χ2n) is 7.21. The zero-order chi connectivity index (χ0) is 20.3. The molecule has 28 heavy (non-hydrogen) atoms. The molecular weight excluding hydrogens is 356 g/mol. The third-order valence-corrected chi connectivity index (χ3v) is 4.99. The molecule has 1 saturated heterocycles. The lowest BCUT2D eigenvalue weighted by Gasteiger charge is -2.20. The molecular formula is C22H26N2O4. The molecule has 1 heterocycles. The normalized spacial score (nSPS) is 16.4. The molecule has 2 aromatic rings. The van der Waals surface area contributed by atoms with Gasteiger partial charge in [-0.3, -0.25) is 9.59 Å². The number of methoxy groups -OCH3 is 2. The minimum Gasteiger partial charge on any atom is -0.497 e. The fourth-order valence-corrected chi connectivity index (χ4v) is 3.34. The number of nitrogens with zero attached hydrogens (tertiary/aromatic N) is 1. The highest BCUT2D eigenvalue weighted by atomic mass is 16.5. The van der Waals surface area contributed by atoms with E-state index in [9.17, 15) is 9.59 Å². The van der Waals surface area contributed by atoms with Crippen molar-refractivity contribution < 1.29 is 19.1 Å². The van der Waals surface area contributed by atoms with Crippen LogP contribution in [0.2, 0.25) is 0 Å². The van der Waals surface area contributed by atoms with Crippen LogP contribution in [0.4, 0.5) is 11.4 Å². The number of hydrogen-bond acceptors (Lipinski definition) is 4. The van der Waals surface area contributed by atoms with Gasteiger partial charge in [-0.15, -0.1) is 0 Å². The van der Waals surface area contributed by atoms with Gasteiger partial charge in [0.05, 0.1) is 25.8 Å². The maximum absolute atomic E-state index is 12.7. The summed E-state index contributed by atoms with van der Waals surface area (Å²) < 4.78 is 10.6. The molecule has 1 atom stereocenters. The SMILES string of the molecule is COc1ccc(N2CC(C(=O)Nc3cccc(C(C)C)c3)CC2=O)c(OC)c1. The number of ether oxygens (including phenoxy) is 2. The summed E-state index contributed by atoms with van der Waals surface area (Å²) >= 11 is 0. The van der Waals surface area contributed by atoms with Gasteiger partial charge in [-0.1, -0.05) is 26.0 Å². The van der Waals surface area contributed by atoms with E-state index >= 15 is 0 Å². The first-order valence-electron chi connectivity index (χ1n) is 9.36. The minimum atomic E-state index is -0.415. The lowest BCUT2D eigenvalue weighted by molar-refractivity contribution is -0.122. The highest BCUT2D eigenvalue weighted by Gasteiger charge is 2.36. The van der Waals surface area contributed by atoms with Crippen molar-refractivity contribution in [3.05, 3.63) is 48.0 Å². The smallest absolute Gasteiger partial charge is 0.229 e. The summed E-state index contributed by atoms with van der Waals surface area (Å²) in [6, 6.07) is 13.1. The largest absolute Gasteiger partial charge is 0.497 e. The van der Waals surface area contributed by atoms with Gasteiger partial charge < -0.3 is 19.7 Å². The molecule has 0 aromatic heterocycles. The van der Waals surface area contributed by atoms with E-state index in [0.29, 0.717) is 29.6 Å². The number of anilines is 2. The van der Waals surface area contributed by atoms with Crippen molar-refractivity contribution >= 4 is 23.2 Å². The Labute approximate surface area is 165 Å². The van der Waals surface area contributed by atoms with Crippen LogP contribution in [0.5, 0.6) is 11.5 Å². The van der Waals surface area contributed by atoms with Gasteiger partial charge in [0.25, 0.3) is 0 Å². The zero-order valence-corrected chi connectivity index (χ0v) is 16.7. The number of hydrogen-bond donors (Lipinski definition) is 1. The summed E-state index contributed by atoms with van der Waals surface area (Å²) in [6.45, 7) is 4.53. The monoisotopic (exact) mass is 382 g/mol. The summed E-state index contributed by atoms with van der Waals surface area (Å²) in [5.41, 5.74) is 2.56. The highest BCUT2D eigenvalue weighted by molar-refractivity contribution is 6.04. The van der Waals surface area contributed by atoms with Gasteiger partial charge in [0.1, 0.15) is 11.5 Å². The Morgan fingerprint density at radius 2 is 1.93 bits per heavy atom. The average molecular weight is 382 g/mol. The number of benzene rings is 2. The highest BCUT2D eigenvalue weighted by Crippen LogP contribution is 2.36. The molecule has 6 heteroatoms. The Balaban J connectivity index is 1.74. The average Bonchev–Trinajstić information content (AvgIpc) is 3.09. The molecule has 0 bridgehead atoms. The van der Waals surface area contributed by atoms with E-state index in [1.165, 1.54) is 0 Å². The third kappa shape index (κ3) is 4.11. The van der Waals surface area contributed by atoms with E-state index in [2.05, 4.69) is 19.2 Å². The maximum Gasteiger partial charge on any atom is 0.229 e. The van der Waals surface area contributed by atoms with Crippen LogP contribution in [0.1, 0.15) is 31.7 Å². The van der Waals surface area contributed by atoms with Crippen LogP contribution < -0.4 is 19.7 Å². The van der Waals surface area contributed by atoms with Crippen LogP contribution in [0, 0.1) is 5.92 Å². The van der Waals surface area contributed by atoms with Gasteiger partial charge in [-0.25, -0.2) is 0 Å². The summed E-state index contributed by atoms with van der Waals surface area (Å²) in [5.74, 6) is 0.902. The van der Waals surface area contributed by atoms with Crippen LogP contribution in [0.3, 0.4) is 0 Å². The van der Waals surface area contributed by atoms with Crippen LogP contribution in [0.15, 0.2) is 42.5 Å². The molecule has 6 nitrogen and oxygen atoms in total. The summed E-state index contributed by atoms with van der Waals surface area (Å²) in [4.78, 5) is 26.9. The van der Waals surface area contributed by atoms with Gasteiger partial charge in [0, 0.05) is 24.7 Å². The number of amides is 2. The summed E-state index contributed by atoms with van der Waals surface area (Å²) in [5, 5.41) is 2.95. The molecule has 1 aliphatic rings. The fourth-order valence-electron chi connectivity index (χ4n) is 3.34. The maximum atomic E-state index is 12.7. The number of rotatable bonds is 6. The van der Waals surface area contributed by atoms with Gasteiger partial charge in [0.2, 0.25) is 11.8 Å². The molecule has 1 fully saturated rings. The van der Waals surface area contributed by atoms with Gasteiger partial charge in [-0.05, 0) is 35.7 Å². The van der Waals surface area contributed by atoms with Crippen molar-refractivity contribution in [3.63, 3.8) is 0 Å². The molecule has 2 aromatic carbocycles. The van der Waals surface area contributed by atoms with E-state index in [-0.39, 0.29) is 18.2 Å². The van der Waals surface area contributed by atoms with Crippen LogP contribution in [0.25, 0.3) is 0 Å². The fraction of sp³-hybridized carbons (Fsp3) is 0.364. The predicted molar refractivity (Wildman–Crippen MR) is 109 cm³/mol.